The van der Waals surface area contributed by atoms with E-state index in [0.717, 1.165) is 0 Å². The first-order chi connectivity index (χ1) is 8.45. The minimum Gasteiger partial charge on any atom is -0.508 e. The fraction of sp³-hybridized carbons (Fsp3) is 0.0769. The fourth-order valence-corrected chi connectivity index (χ4v) is 1.74. The Balaban J connectivity index is 2.13. The molecule has 2 aromatic carbocycles. The van der Waals surface area contributed by atoms with Crippen molar-refractivity contribution in [2.24, 2.45) is 0 Å². The highest BCUT2D eigenvalue weighted by Gasteiger charge is 2.22. The molecule has 0 aliphatic carbocycles. The standard InChI is InChI=1S/C13H9Cl3O2/c14-13(15,16)9-1-5-11(6-2-9)18-12-7-3-10(17)4-8-12/h1-8,17H. The summed E-state index contributed by atoms with van der Waals surface area (Å²) in [7, 11) is 0. The maximum absolute atomic E-state index is 9.15. The van der Waals surface area contributed by atoms with Gasteiger partial charge in [0.2, 0.25) is 3.79 Å². The Hall–Kier alpha value is -1.09. The van der Waals surface area contributed by atoms with Gasteiger partial charge < -0.3 is 9.84 Å². The lowest BCUT2D eigenvalue weighted by atomic mass is 10.2. The molecule has 0 amide bonds. The van der Waals surface area contributed by atoms with Gasteiger partial charge in [-0.15, -0.1) is 0 Å². The van der Waals surface area contributed by atoms with Crippen molar-refractivity contribution >= 4 is 34.8 Å². The molecule has 0 aromatic heterocycles. The van der Waals surface area contributed by atoms with Crippen LogP contribution in [0.15, 0.2) is 48.5 Å². The van der Waals surface area contributed by atoms with Gasteiger partial charge in [0.25, 0.3) is 0 Å². The van der Waals surface area contributed by atoms with Crippen molar-refractivity contribution in [1.29, 1.82) is 0 Å². The summed E-state index contributed by atoms with van der Waals surface area (Å²) in [5.41, 5.74) is 0.575. The first kappa shape index (κ1) is 13.3. The summed E-state index contributed by atoms with van der Waals surface area (Å²) in [6.45, 7) is 0. The first-order valence-corrected chi connectivity index (χ1v) is 6.23. The van der Waals surface area contributed by atoms with E-state index in [9.17, 15) is 0 Å². The van der Waals surface area contributed by atoms with Gasteiger partial charge in [0.15, 0.2) is 0 Å². The van der Waals surface area contributed by atoms with E-state index in [2.05, 4.69) is 0 Å². The number of phenolic OH excluding ortho intramolecular Hbond substituents is 1. The summed E-state index contributed by atoms with van der Waals surface area (Å²) in [6.07, 6.45) is 0. The van der Waals surface area contributed by atoms with Gasteiger partial charge in [-0.05, 0) is 36.4 Å². The summed E-state index contributed by atoms with van der Waals surface area (Å²) in [6, 6.07) is 13.2. The molecule has 1 N–H and O–H groups in total. The van der Waals surface area contributed by atoms with Crippen LogP contribution in [0, 0.1) is 0 Å². The van der Waals surface area contributed by atoms with Crippen LogP contribution in [-0.4, -0.2) is 5.11 Å². The molecule has 5 heteroatoms. The van der Waals surface area contributed by atoms with Gasteiger partial charge in [0.05, 0.1) is 0 Å². The normalized spacial score (nSPS) is 11.3. The van der Waals surface area contributed by atoms with E-state index in [1.54, 1.807) is 48.5 Å². The smallest absolute Gasteiger partial charge is 0.216 e. The van der Waals surface area contributed by atoms with Crippen LogP contribution in [0.5, 0.6) is 17.2 Å². The topological polar surface area (TPSA) is 29.5 Å². The Morgan fingerprint density at radius 2 is 1.22 bits per heavy atom. The summed E-state index contributed by atoms with van der Waals surface area (Å²) >= 11 is 17.3. The van der Waals surface area contributed by atoms with Crippen molar-refractivity contribution in [1.82, 2.24) is 0 Å². The predicted octanol–water partition coefficient (Wildman–Crippen LogP) is 5.01. The highest BCUT2D eigenvalue weighted by atomic mass is 35.6. The molecule has 0 atom stereocenters. The molecule has 0 saturated heterocycles. The molecule has 0 saturated carbocycles. The highest BCUT2D eigenvalue weighted by Crippen LogP contribution is 2.38. The van der Waals surface area contributed by atoms with Crippen LogP contribution >= 0.6 is 34.8 Å². The molecule has 0 heterocycles. The summed E-state index contributed by atoms with van der Waals surface area (Å²) in [5.74, 6) is 1.43. The van der Waals surface area contributed by atoms with Gasteiger partial charge in [-0.3, -0.25) is 0 Å². The number of ether oxygens (including phenoxy) is 1. The van der Waals surface area contributed by atoms with E-state index in [1.165, 1.54) is 0 Å². The zero-order chi connectivity index (χ0) is 13.2. The molecule has 2 nitrogen and oxygen atoms in total. The molecule has 0 fully saturated rings. The molecule has 0 aliphatic heterocycles. The second kappa shape index (κ2) is 5.27. The molecule has 0 bridgehead atoms. The molecule has 18 heavy (non-hydrogen) atoms. The first-order valence-electron chi connectivity index (χ1n) is 5.09. The van der Waals surface area contributed by atoms with Crippen molar-refractivity contribution in [3.05, 3.63) is 54.1 Å². The van der Waals surface area contributed by atoms with Crippen LogP contribution < -0.4 is 4.74 Å². The molecule has 2 aromatic rings. The van der Waals surface area contributed by atoms with E-state index < -0.39 is 3.79 Å². The minimum absolute atomic E-state index is 0.189. The third-order valence-corrected chi connectivity index (χ3v) is 2.91. The van der Waals surface area contributed by atoms with Gasteiger partial charge in [-0.25, -0.2) is 0 Å². The van der Waals surface area contributed by atoms with Gasteiger partial charge in [-0.1, -0.05) is 46.9 Å². The second-order valence-electron chi connectivity index (χ2n) is 3.62. The average molecular weight is 304 g/mol. The zero-order valence-electron chi connectivity index (χ0n) is 9.11. The van der Waals surface area contributed by atoms with Crippen LogP contribution in [0.4, 0.5) is 0 Å². The minimum atomic E-state index is -1.43. The summed E-state index contributed by atoms with van der Waals surface area (Å²) < 4.78 is 4.13. The van der Waals surface area contributed by atoms with Gasteiger partial charge in [0.1, 0.15) is 17.2 Å². The molecule has 0 radical (unpaired) electrons. The quantitative estimate of drug-likeness (QED) is 0.790. The molecule has 0 unspecified atom stereocenters. The summed E-state index contributed by atoms with van der Waals surface area (Å²) in [5, 5.41) is 9.15. The number of hydrogen-bond acceptors (Lipinski definition) is 2. The molecule has 2 rings (SSSR count). The molecule has 0 aliphatic rings. The van der Waals surface area contributed by atoms with Crippen molar-refractivity contribution in [3.63, 3.8) is 0 Å². The van der Waals surface area contributed by atoms with Crippen molar-refractivity contribution in [2.75, 3.05) is 0 Å². The Morgan fingerprint density at radius 3 is 1.67 bits per heavy atom. The van der Waals surface area contributed by atoms with Crippen molar-refractivity contribution in [2.45, 2.75) is 3.79 Å². The predicted molar refractivity (Wildman–Crippen MR) is 73.9 cm³/mol. The van der Waals surface area contributed by atoms with Crippen LogP contribution in [0.3, 0.4) is 0 Å². The van der Waals surface area contributed by atoms with Gasteiger partial charge in [0, 0.05) is 5.56 Å². The van der Waals surface area contributed by atoms with Crippen molar-refractivity contribution < 1.29 is 9.84 Å². The fourth-order valence-electron chi connectivity index (χ4n) is 1.36. The lowest BCUT2D eigenvalue weighted by Gasteiger charge is -2.12. The van der Waals surface area contributed by atoms with Crippen molar-refractivity contribution in [3.8, 4) is 17.2 Å². The molecule has 94 valence electrons. The monoisotopic (exact) mass is 302 g/mol. The largest absolute Gasteiger partial charge is 0.508 e. The number of hydrogen-bond donors (Lipinski definition) is 1. The number of benzene rings is 2. The average Bonchev–Trinajstić information content (AvgIpc) is 2.32. The Kier molecular flexibility index (Phi) is 3.91. The van der Waals surface area contributed by atoms with Crippen LogP contribution in [0.1, 0.15) is 5.56 Å². The van der Waals surface area contributed by atoms with Crippen LogP contribution in [0.25, 0.3) is 0 Å². The maximum Gasteiger partial charge on any atom is 0.216 e. The number of alkyl halides is 3. The number of aromatic hydroxyl groups is 1. The molecular formula is C13H9Cl3O2. The van der Waals surface area contributed by atoms with E-state index in [1.807, 2.05) is 0 Å². The lowest BCUT2D eigenvalue weighted by Crippen LogP contribution is -1.99. The molecule has 0 spiro atoms. The van der Waals surface area contributed by atoms with E-state index in [0.29, 0.717) is 17.1 Å². The van der Waals surface area contributed by atoms with E-state index in [4.69, 9.17) is 44.6 Å². The Morgan fingerprint density at radius 1 is 0.778 bits per heavy atom. The van der Waals surface area contributed by atoms with Crippen LogP contribution in [0.2, 0.25) is 0 Å². The maximum atomic E-state index is 9.15. The number of phenols is 1. The number of halogens is 3. The Bertz CT molecular complexity index is 515. The second-order valence-corrected chi connectivity index (χ2v) is 5.90. The van der Waals surface area contributed by atoms with E-state index >= 15 is 0 Å². The van der Waals surface area contributed by atoms with Gasteiger partial charge >= 0.3 is 0 Å². The zero-order valence-corrected chi connectivity index (χ0v) is 11.4. The Labute approximate surface area is 120 Å². The van der Waals surface area contributed by atoms with Gasteiger partial charge in [-0.2, -0.15) is 0 Å². The highest BCUT2D eigenvalue weighted by molar-refractivity contribution is 6.66. The number of rotatable bonds is 2. The molecular weight excluding hydrogens is 295 g/mol. The SMILES string of the molecule is Oc1ccc(Oc2ccc(C(Cl)(Cl)Cl)cc2)cc1. The summed E-state index contributed by atoms with van der Waals surface area (Å²) in [4.78, 5) is 0. The van der Waals surface area contributed by atoms with Crippen LogP contribution in [-0.2, 0) is 3.79 Å². The third-order valence-electron chi connectivity index (χ3n) is 2.25. The lowest BCUT2D eigenvalue weighted by molar-refractivity contribution is 0.464. The van der Waals surface area contributed by atoms with E-state index in [-0.39, 0.29) is 5.75 Å². The third kappa shape index (κ3) is 3.45.